The quantitative estimate of drug-likeness (QED) is 0.881. The summed E-state index contributed by atoms with van der Waals surface area (Å²) in [6.07, 6.45) is 3.53. The zero-order valence-corrected chi connectivity index (χ0v) is 10.5. The number of benzene rings is 1. The molecule has 18 heavy (non-hydrogen) atoms. The van der Waals surface area contributed by atoms with Crippen LogP contribution in [0.15, 0.2) is 28.8 Å². The van der Waals surface area contributed by atoms with Crippen molar-refractivity contribution in [2.45, 2.75) is 32.2 Å². The highest BCUT2D eigenvalue weighted by atomic mass is 16.5. The Labute approximate surface area is 106 Å². The highest BCUT2D eigenvalue weighted by Gasteiger charge is 2.21. The zero-order valence-electron chi connectivity index (χ0n) is 10.5. The Morgan fingerprint density at radius 3 is 2.94 bits per heavy atom. The molecule has 0 aliphatic carbocycles. The summed E-state index contributed by atoms with van der Waals surface area (Å²) in [5, 5.41) is 7.51. The van der Waals surface area contributed by atoms with Gasteiger partial charge in [-0.1, -0.05) is 35.8 Å². The molecule has 1 aromatic carbocycles. The molecule has 4 nitrogen and oxygen atoms in total. The normalized spacial score (nSPS) is 19.9. The summed E-state index contributed by atoms with van der Waals surface area (Å²) in [7, 11) is 0. The maximum absolute atomic E-state index is 5.39. The van der Waals surface area contributed by atoms with Crippen molar-refractivity contribution in [3.8, 4) is 11.4 Å². The van der Waals surface area contributed by atoms with Crippen molar-refractivity contribution >= 4 is 0 Å². The third kappa shape index (κ3) is 2.16. The van der Waals surface area contributed by atoms with E-state index in [0.717, 1.165) is 18.5 Å². The Morgan fingerprint density at radius 2 is 2.17 bits per heavy atom. The smallest absolute Gasteiger partial charge is 0.244 e. The molecule has 0 amide bonds. The maximum atomic E-state index is 5.39. The first-order valence-electron chi connectivity index (χ1n) is 6.47. The van der Waals surface area contributed by atoms with Crippen LogP contribution >= 0.6 is 0 Å². The second kappa shape index (κ2) is 4.90. The molecule has 0 saturated carbocycles. The van der Waals surface area contributed by atoms with Crippen LogP contribution in [0, 0.1) is 6.92 Å². The van der Waals surface area contributed by atoms with Gasteiger partial charge in [-0.05, 0) is 31.9 Å². The van der Waals surface area contributed by atoms with Gasteiger partial charge in [0.25, 0.3) is 0 Å². The van der Waals surface area contributed by atoms with Gasteiger partial charge in [-0.25, -0.2) is 0 Å². The summed E-state index contributed by atoms with van der Waals surface area (Å²) in [4.78, 5) is 4.52. The summed E-state index contributed by atoms with van der Waals surface area (Å²) in [6, 6.07) is 8.33. The molecule has 1 saturated heterocycles. The molecule has 0 spiro atoms. The fourth-order valence-corrected chi connectivity index (χ4v) is 2.37. The summed E-state index contributed by atoms with van der Waals surface area (Å²) >= 11 is 0. The van der Waals surface area contributed by atoms with Gasteiger partial charge in [0.15, 0.2) is 0 Å². The highest BCUT2D eigenvalue weighted by molar-refractivity contribution is 5.58. The monoisotopic (exact) mass is 243 g/mol. The average molecular weight is 243 g/mol. The fraction of sp³-hybridized carbons (Fsp3) is 0.429. The molecular formula is C14H17N3O. The molecule has 2 heterocycles. The lowest BCUT2D eigenvalue weighted by Crippen LogP contribution is -2.26. The average Bonchev–Trinajstić information content (AvgIpc) is 2.90. The fourth-order valence-electron chi connectivity index (χ4n) is 2.37. The minimum absolute atomic E-state index is 0.226. The van der Waals surface area contributed by atoms with E-state index in [4.69, 9.17) is 4.52 Å². The van der Waals surface area contributed by atoms with E-state index >= 15 is 0 Å². The van der Waals surface area contributed by atoms with Crippen LogP contribution in [-0.4, -0.2) is 16.7 Å². The molecule has 94 valence electrons. The Hall–Kier alpha value is -1.68. The van der Waals surface area contributed by atoms with E-state index in [1.165, 1.54) is 18.4 Å². The Bertz CT molecular complexity index is 529. The van der Waals surface area contributed by atoms with Crippen LogP contribution in [0.2, 0.25) is 0 Å². The molecular weight excluding hydrogens is 226 g/mol. The molecule has 1 aliphatic heterocycles. The molecule has 4 heteroatoms. The largest absolute Gasteiger partial charge is 0.337 e. The first-order valence-corrected chi connectivity index (χ1v) is 6.47. The van der Waals surface area contributed by atoms with E-state index in [-0.39, 0.29) is 6.04 Å². The third-order valence-electron chi connectivity index (χ3n) is 3.44. The molecule has 1 atom stereocenters. The van der Waals surface area contributed by atoms with Crippen LogP contribution < -0.4 is 5.32 Å². The van der Waals surface area contributed by atoms with Gasteiger partial charge in [0, 0.05) is 5.56 Å². The van der Waals surface area contributed by atoms with Crippen LogP contribution in [0.25, 0.3) is 11.4 Å². The van der Waals surface area contributed by atoms with Crippen LogP contribution in [0.3, 0.4) is 0 Å². The van der Waals surface area contributed by atoms with Crippen molar-refractivity contribution in [3.05, 3.63) is 35.7 Å². The van der Waals surface area contributed by atoms with Crippen molar-refractivity contribution in [2.75, 3.05) is 6.54 Å². The van der Waals surface area contributed by atoms with Crippen LogP contribution in [-0.2, 0) is 0 Å². The second-order valence-corrected chi connectivity index (χ2v) is 4.77. The Balaban J connectivity index is 1.87. The molecule has 0 unspecified atom stereocenters. The second-order valence-electron chi connectivity index (χ2n) is 4.77. The molecule has 1 fully saturated rings. The first kappa shape index (κ1) is 11.4. The standard InChI is InChI=1S/C14H17N3O/c1-10-6-2-3-7-11(10)13-16-14(18-17-13)12-8-4-5-9-15-12/h2-3,6-7,12,15H,4-5,8-9H2,1H3/t12-/m1/s1. The molecule has 1 aliphatic rings. The van der Waals surface area contributed by atoms with E-state index in [2.05, 4.69) is 28.4 Å². The number of hydrogen-bond acceptors (Lipinski definition) is 4. The van der Waals surface area contributed by atoms with Gasteiger partial charge < -0.3 is 9.84 Å². The third-order valence-corrected chi connectivity index (χ3v) is 3.44. The number of aromatic nitrogens is 2. The number of rotatable bonds is 2. The molecule has 3 rings (SSSR count). The number of nitrogens with one attached hydrogen (secondary N) is 1. The van der Waals surface area contributed by atoms with Crippen LogP contribution in [0.1, 0.15) is 36.8 Å². The van der Waals surface area contributed by atoms with Crippen LogP contribution in [0.5, 0.6) is 0 Å². The zero-order chi connectivity index (χ0) is 12.4. The van der Waals surface area contributed by atoms with Crippen LogP contribution in [0.4, 0.5) is 0 Å². The minimum Gasteiger partial charge on any atom is -0.337 e. The minimum atomic E-state index is 0.226. The lowest BCUT2D eigenvalue weighted by molar-refractivity contribution is 0.297. The van der Waals surface area contributed by atoms with E-state index < -0.39 is 0 Å². The van der Waals surface area contributed by atoms with E-state index in [1.807, 2.05) is 18.2 Å². The van der Waals surface area contributed by atoms with Gasteiger partial charge in [-0.2, -0.15) is 4.98 Å². The summed E-state index contributed by atoms with van der Waals surface area (Å²) in [5.74, 6) is 1.41. The first-order chi connectivity index (χ1) is 8.84. The van der Waals surface area contributed by atoms with E-state index in [0.29, 0.717) is 11.7 Å². The van der Waals surface area contributed by atoms with Crippen molar-refractivity contribution in [1.29, 1.82) is 0 Å². The van der Waals surface area contributed by atoms with Gasteiger partial charge in [0.2, 0.25) is 11.7 Å². The van der Waals surface area contributed by atoms with Gasteiger partial charge >= 0.3 is 0 Å². The maximum Gasteiger partial charge on any atom is 0.244 e. The molecule has 1 N–H and O–H groups in total. The molecule has 0 radical (unpaired) electrons. The summed E-state index contributed by atoms with van der Waals surface area (Å²) < 4.78 is 5.39. The lowest BCUT2D eigenvalue weighted by Gasteiger charge is -2.19. The number of nitrogens with zero attached hydrogens (tertiary/aromatic N) is 2. The molecule has 1 aromatic heterocycles. The molecule has 2 aromatic rings. The SMILES string of the molecule is Cc1ccccc1-c1noc([C@H]2CCCCN2)n1. The van der Waals surface area contributed by atoms with Gasteiger partial charge in [0.05, 0.1) is 6.04 Å². The lowest BCUT2D eigenvalue weighted by atomic mass is 10.1. The van der Waals surface area contributed by atoms with Crippen molar-refractivity contribution in [3.63, 3.8) is 0 Å². The van der Waals surface area contributed by atoms with Crippen molar-refractivity contribution in [1.82, 2.24) is 15.5 Å². The van der Waals surface area contributed by atoms with E-state index in [9.17, 15) is 0 Å². The predicted octanol–water partition coefficient (Wildman–Crippen LogP) is 2.86. The summed E-state index contributed by atoms with van der Waals surface area (Å²) in [5.41, 5.74) is 2.21. The van der Waals surface area contributed by atoms with Gasteiger partial charge in [-0.15, -0.1) is 0 Å². The number of piperidine rings is 1. The predicted molar refractivity (Wildman–Crippen MR) is 69.1 cm³/mol. The molecule has 0 bridgehead atoms. The Morgan fingerprint density at radius 1 is 1.28 bits per heavy atom. The summed E-state index contributed by atoms with van der Waals surface area (Å²) in [6.45, 7) is 3.09. The van der Waals surface area contributed by atoms with Gasteiger partial charge in [0.1, 0.15) is 0 Å². The number of aryl methyl sites for hydroxylation is 1. The van der Waals surface area contributed by atoms with Crippen molar-refractivity contribution < 1.29 is 4.52 Å². The van der Waals surface area contributed by atoms with Gasteiger partial charge in [-0.3, -0.25) is 0 Å². The topological polar surface area (TPSA) is 51.0 Å². The highest BCUT2D eigenvalue weighted by Crippen LogP contribution is 2.25. The number of hydrogen-bond donors (Lipinski definition) is 1. The Kier molecular flexibility index (Phi) is 3.11. The van der Waals surface area contributed by atoms with Crippen molar-refractivity contribution in [2.24, 2.45) is 0 Å². The van der Waals surface area contributed by atoms with E-state index in [1.54, 1.807) is 0 Å².